The molecule has 0 unspecified atom stereocenters. The minimum atomic E-state index is 0.630. The summed E-state index contributed by atoms with van der Waals surface area (Å²) >= 11 is 3.51. The molecular formula is C15H19BrN2O. The van der Waals surface area contributed by atoms with Crippen LogP contribution in [0.4, 0.5) is 0 Å². The summed E-state index contributed by atoms with van der Waals surface area (Å²) in [6, 6.07) is 6.19. The molecular weight excluding hydrogens is 304 g/mol. The minimum absolute atomic E-state index is 0.630. The first kappa shape index (κ1) is 14.3. The lowest BCUT2D eigenvalue weighted by Gasteiger charge is -2.07. The predicted octanol–water partition coefficient (Wildman–Crippen LogP) is 4.16. The van der Waals surface area contributed by atoms with Crippen LogP contribution < -0.4 is 5.32 Å². The van der Waals surface area contributed by atoms with Gasteiger partial charge in [-0.05, 0) is 37.1 Å². The van der Waals surface area contributed by atoms with Gasteiger partial charge in [0.15, 0.2) is 12.2 Å². The van der Waals surface area contributed by atoms with E-state index in [-0.39, 0.29) is 0 Å². The molecule has 1 N–H and O–H groups in total. The first-order chi connectivity index (χ1) is 9.08. The molecule has 0 saturated carbocycles. The summed E-state index contributed by atoms with van der Waals surface area (Å²) in [5.41, 5.74) is 3.22. The molecule has 0 aliphatic heterocycles. The Morgan fingerprint density at radius 2 is 2.16 bits per heavy atom. The SMILES string of the molecule is Cc1cc(-c2ocnc2CNCC(C)C)ccc1Br. The number of nitrogens with zero attached hydrogens (tertiary/aromatic N) is 1. The van der Waals surface area contributed by atoms with Crippen LogP contribution in [0.5, 0.6) is 0 Å². The van der Waals surface area contributed by atoms with Gasteiger partial charge in [0.05, 0.1) is 0 Å². The van der Waals surface area contributed by atoms with Gasteiger partial charge >= 0.3 is 0 Å². The maximum Gasteiger partial charge on any atom is 0.181 e. The molecule has 2 rings (SSSR count). The highest BCUT2D eigenvalue weighted by Crippen LogP contribution is 2.27. The standard InChI is InChI=1S/C15H19BrN2O/c1-10(2)7-17-8-14-15(19-9-18-14)12-4-5-13(16)11(3)6-12/h4-6,9-10,17H,7-8H2,1-3H3. The van der Waals surface area contributed by atoms with Crippen LogP contribution in [0.25, 0.3) is 11.3 Å². The van der Waals surface area contributed by atoms with E-state index in [2.05, 4.69) is 53.1 Å². The van der Waals surface area contributed by atoms with Gasteiger partial charge in [-0.1, -0.05) is 35.8 Å². The summed E-state index contributed by atoms with van der Waals surface area (Å²) in [4.78, 5) is 4.30. The molecule has 1 heterocycles. The van der Waals surface area contributed by atoms with Crippen LogP contribution in [-0.2, 0) is 6.54 Å². The van der Waals surface area contributed by atoms with Gasteiger partial charge in [0, 0.05) is 16.6 Å². The Balaban J connectivity index is 2.16. The maximum absolute atomic E-state index is 5.54. The Hall–Kier alpha value is -1.13. The average Bonchev–Trinajstić information content (AvgIpc) is 2.80. The number of aryl methyl sites for hydroxylation is 1. The number of hydrogen-bond donors (Lipinski definition) is 1. The van der Waals surface area contributed by atoms with Crippen molar-refractivity contribution in [2.45, 2.75) is 27.3 Å². The third kappa shape index (κ3) is 3.67. The van der Waals surface area contributed by atoms with Crippen molar-refractivity contribution in [2.24, 2.45) is 5.92 Å². The molecule has 0 atom stereocenters. The number of hydrogen-bond acceptors (Lipinski definition) is 3. The molecule has 0 aliphatic carbocycles. The fraction of sp³-hybridized carbons (Fsp3) is 0.400. The van der Waals surface area contributed by atoms with Crippen molar-refractivity contribution < 1.29 is 4.42 Å². The highest BCUT2D eigenvalue weighted by molar-refractivity contribution is 9.10. The zero-order chi connectivity index (χ0) is 13.8. The lowest BCUT2D eigenvalue weighted by molar-refractivity contribution is 0.545. The van der Waals surface area contributed by atoms with Gasteiger partial charge in [-0.2, -0.15) is 0 Å². The molecule has 4 heteroatoms. The van der Waals surface area contributed by atoms with Gasteiger partial charge < -0.3 is 9.73 Å². The molecule has 0 saturated heterocycles. The lowest BCUT2D eigenvalue weighted by atomic mass is 10.1. The Bertz CT molecular complexity index is 549. The van der Waals surface area contributed by atoms with Crippen LogP contribution in [0, 0.1) is 12.8 Å². The number of rotatable bonds is 5. The molecule has 0 aliphatic rings. The van der Waals surface area contributed by atoms with Crippen LogP contribution in [0.2, 0.25) is 0 Å². The summed E-state index contributed by atoms with van der Waals surface area (Å²) in [6.07, 6.45) is 1.51. The number of oxazole rings is 1. The molecule has 2 aromatic rings. The molecule has 3 nitrogen and oxygen atoms in total. The highest BCUT2D eigenvalue weighted by Gasteiger charge is 2.11. The molecule has 0 radical (unpaired) electrons. The van der Waals surface area contributed by atoms with Crippen molar-refractivity contribution in [3.63, 3.8) is 0 Å². The Kier molecular flexibility index (Phi) is 4.77. The van der Waals surface area contributed by atoms with Crippen molar-refractivity contribution >= 4 is 15.9 Å². The van der Waals surface area contributed by atoms with E-state index in [0.717, 1.165) is 34.6 Å². The van der Waals surface area contributed by atoms with Gasteiger partial charge in [0.25, 0.3) is 0 Å². The second-order valence-electron chi connectivity index (χ2n) is 5.12. The van der Waals surface area contributed by atoms with E-state index in [0.29, 0.717) is 5.92 Å². The van der Waals surface area contributed by atoms with Crippen molar-refractivity contribution in [1.82, 2.24) is 10.3 Å². The highest BCUT2D eigenvalue weighted by atomic mass is 79.9. The number of nitrogens with one attached hydrogen (secondary N) is 1. The van der Waals surface area contributed by atoms with E-state index in [1.165, 1.54) is 12.0 Å². The van der Waals surface area contributed by atoms with E-state index in [4.69, 9.17) is 4.42 Å². The third-order valence-corrected chi connectivity index (χ3v) is 3.80. The van der Waals surface area contributed by atoms with Gasteiger partial charge in [0.2, 0.25) is 0 Å². The van der Waals surface area contributed by atoms with Crippen molar-refractivity contribution in [3.05, 3.63) is 40.3 Å². The van der Waals surface area contributed by atoms with Crippen molar-refractivity contribution in [3.8, 4) is 11.3 Å². The largest absolute Gasteiger partial charge is 0.443 e. The van der Waals surface area contributed by atoms with Crippen LogP contribution in [0.3, 0.4) is 0 Å². The molecule has 1 aromatic carbocycles. The molecule has 0 spiro atoms. The van der Waals surface area contributed by atoms with Crippen LogP contribution in [-0.4, -0.2) is 11.5 Å². The van der Waals surface area contributed by atoms with E-state index < -0.39 is 0 Å². The summed E-state index contributed by atoms with van der Waals surface area (Å²) in [5, 5.41) is 3.39. The number of benzene rings is 1. The minimum Gasteiger partial charge on any atom is -0.443 e. The average molecular weight is 323 g/mol. The smallest absolute Gasteiger partial charge is 0.181 e. The maximum atomic E-state index is 5.54. The van der Waals surface area contributed by atoms with Crippen LogP contribution >= 0.6 is 15.9 Å². The second-order valence-corrected chi connectivity index (χ2v) is 5.97. The van der Waals surface area contributed by atoms with Crippen LogP contribution in [0.15, 0.2) is 33.5 Å². The van der Waals surface area contributed by atoms with Gasteiger partial charge in [-0.3, -0.25) is 0 Å². The van der Waals surface area contributed by atoms with E-state index >= 15 is 0 Å². The Labute approximate surface area is 122 Å². The zero-order valence-corrected chi connectivity index (χ0v) is 13.1. The third-order valence-electron chi connectivity index (χ3n) is 2.91. The number of halogens is 1. The molecule has 19 heavy (non-hydrogen) atoms. The zero-order valence-electron chi connectivity index (χ0n) is 11.5. The fourth-order valence-corrected chi connectivity index (χ4v) is 2.14. The first-order valence-electron chi connectivity index (χ1n) is 6.47. The van der Waals surface area contributed by atoms with Gasteiger partial charge in [-0.15, -0.1) is 0 Å². The summed E-state index contributed by atoms with van der Waals surface area (Å²) < 4.78 is 6.64. The monoisotopic (exact) mass is 322 g/mol. The Morgan fingerprint density at radius 3 is 2.84 bits per heavy atom. The van der Waals surface area contributed by atoms with Crippen molar-refractivity contribution in [1.29, 1.82) is 0 Å². The quantitative estimate of drug-likeness (QED) is 0.898. The lowest BCUT2D eigenvalue weighted by Crippen LogP contribution is -2.19. The normalized spacial score (nSPS) is 11.2. The fourth-order valence-electron chi connectivity index (χ4n) is 1.90. The van der Waals surface area contributed by atoms with E-state index in [1.807, 2.05) is 12.1 Å². The molecule has 0 bridgehead atoms. The van der Waals surface area contributed by atoms with E-state index in [9.17, 15) is 0 Å². The predicted molar refractivity (Wildman–Crippen MR) is 80.9 cm³/mol. The summed E-state index contributed by atoms with van der Waals surface area (Å²) in [6.45, 7) is 8.16. The molecule has 102 valence electrons. The topological polar surface area (TPSA) is 38.1 Å². The Morgan fingerprint density at radius 1 is 1.37 bits per heavy atom. The summed E-state index contributed by atoms with van der Waals surface area (Å²) in [5.74, 6) is 1.48. The molecule has 0 fully saturated rings. The molecule has 0 amide bonds. The van der Waals surface area contributed by atoms with Crippen molar-refractivity contribution in [2.75, 3.05) is 6.54 Å². The van der Waals surface area contributed by atoms with Crippen LogP contribution in [0.1, 0.15) is 25.1 Å². The van der Waals surface area contributed by atoms with Gasteiger partial charge in [-0.25, -0.2) is 4.98 Å². The molecule has 1 aromatic heterocycles. The second kappa shape index (κ2) is 6.35. The summed E-state index contributed by atoms with van der Waals surface area (Å²) in [7, 11) is 0. The van der Waals surface area contributed by atoms with E-state index in [1.54, 1.807) is 0 Å². The first-order valence-corrected chi connectivity index (χ1v) is 7.27. The van der Waals surface area contributed by atoms with Gasteiger partial charge in [0.1, 0.15) is 5.69 Å². The number of aromatic nitrogens is 1.